The van der Waals surface area contributed by atoms with Crippen LogP contribution in [0.25, 0.3) is 0 Å². The van der Waals surface area contributed by atoms with Crippen LogP contribution in [0.1, 0.15) is 18.5 Å². The lowest BCUT2D eigenvalue weighted by atomic mass is 10.0. The molecule has 128 valence electrons. The molecule has 1 atom stereocenters. The molecule has 8 nitrogen and oxygen atoms in total. The number of carbonyl (C=O) groups excluding carboxylic acids is 1. The third-order valence-electron chi connectivity index (χ3n) is 4.08. The van der Waals surface area contributed by atoms with E-state index in [0.29, 0.717) is 39.3 Å². The number of hydrogen-bond donors (Lipinski definition) is 0. The molecular formula is C16H22N6O2. The smallest absolute Gasteiger partial charge is 0.222 e. The van der Waals surface area contributed by atoms with E-state index in [1.54, 1.807) is 23.5 Å². The third-order valence-corrected chi connectivity index (χ3v) is 4.08. The first-order chi connectivity index (χ1) is 11.8. The fourth-order valence-electron chi connectivity index (χ4n) is 2.86. The molecule has 1 saturated heterocycles. The van der Waals surface area contributed by atoms with E-state index in [-0.39, 0.29) is 11.8 Å². The zero-order valence-electron chi connectivity index (χ0n) is 13.6. The molecule has 0 aromatic carbocycles. The first-order valence-electron chi connectivity index (χ1n) is 8.24. The Morgan fingerprint density at radius 3 is 3.08 bits per heavy atom. The molecule has 0 bridgehead atoms. The van der Waals surface area contributed by atoms with Gasteiger partial charge in [0.15, 0.2) is 0 Å². The molecule has 3 heterocycles. The number of amides is 1. The Balaban J connectivity index is 1.49. The standard InChI is InChI=1S/C16H22N6O2/c23-16(2-1-5-22-13-18-12-20-22)21-6-7-24-10-14(9-21)8-15-3-4-17-11-19-15/h3-4,11-14H,1-2,5-10H2/t14-/m1/s1. The Bertz CT molecular complexity index is 619. The van der Waals surface area contributed by atoms with Crippen molar-refractivity contribution < 1.29 is 9.53 Å². The van der Waals surface area contributed by atoms with Crippen LogP contribution in [-0.4, -0.2) is 61.8 Å². The largest absolute Gasteiger partial charge is 0.379 e. The summed E-state index contributed by atoms with van der Waals surface area (Å²) in [6, 6.07) is 1.91. The van der Waals surface area contributed by atoms with E-state index in [1.165, 1.54) is 6.33 Å². The van der Waals surface area contributed by atoms with Crippen LogP contribution in [0.3, 0.4) is 0 Å². The monoisotopic (exact) mass is 330 g/mol. The normalized spacial score (nSPS) is 18.3. The van der Waals surface area contributed by atoms with Gasteiger partial charge in [-0.15, -0.1) is 0 Å². The van der Waals surface area contributed by atoms with Gasteiger partial charge in [0, 0.05) is 43.9 Å². The zero-order chi connectivity index (χ0) is 16.6. The van der Waals surface area contributed by atoms with Crippen molar-refractivity contribution in [2.45, 2.75) is 25.8 Å². The van der Waals surface area contributed by atoms with Crippen LogP contribution in [0.15, 0.2) is 31.2 Å². The number of hydrogen-bond acceptors (Lipinski definition) is 6. The van der Waals surface area contributed by atoms with Gasteiger partial charge in [0.05, 0.1) is 13.2 Å². The molecule has 2 aromatic rings. The second-order valence-corrected chi connectivity index (χ2v) is 5.95. The maximum atomic E-state index is 12.5. The molecule has 1 aliphatic heterocycles. The zero-order valence-corrected chi connectivity index (χ0v) is 13.6. The summed E-state index contributed by atoms with van der Waals surface area (Å²) in [4.78, 5) is 26.5. The van der Waals surface area contributed by atoms with Crippen LogP contribution in [0.5, 0.6) is 0 Å². The van der Waals surface area contributed by atoms with E-state index >= 15 is 0 Å². The highest BCUT2D eigenvalue weighted by Crippen LogP contribution is 2.13. The van der Waals surface area contributed by atoms with Gasteiger partial charge in [-0.05, 0) is 18.9 Å². The quantitative estimate of drug-likeness (QED) is 0.769. The maximum Gasteiger partial charge on any atom is 0.222 e. The molecule has 0 radical (unpaired) electrons. The van der Waals surface area contributed by atoms with Gasteiger partial charge in [0.25, 0.3) is 0 Å². The summed E-state index contributed by atoms with van der Waals surface area (Å²) < 4.78 is 7.41. The molecule has 1 amide bonds. The van der Waals surface area contributed by atoms with Crippen molar-refractivity contribution in [1.29, 1.82) is 0 Å². The first-order valence-corrected chi connectivity index (χ1v) is 8.24. The predicted molar refractivity (Wildman–Crippen MR) is 85.9 cm³/mol. The van der Waals surface area contributed by atoms with Crippen molar-refractivity contribution in [3.05, 3.63) is 36.9 Å². The molecule has 0 spiro atoms. The van der Waals surface area contributed by atoms with Crippen LogP contribution in [-0.2, 0) is 22.5 Å². The number of rotatable bonds is 6. The summed E-state index contributed by atoms with van der Waals surface area (Å²) in [7, 11) is 0. The van der Waals surface area contributed by atoms with E-state index < -0.39 is 0 Å². The van der Waals surface area contributed by atoms with Crippen LogP contribution >= 0.6 is 0 Å². The Morgan fingerprint density at radius 2 is 2.29 bits per heavy atom. The van der Waals surface area contributed by atoms with Crippen molar-refractivity contribution in [2.24, 2.45) is 5.92 Å². The minimum absolute atomic E-state index is 0.174. The number of nitrogens with zero attached hydrogens (tertiary/aromatic N) is 6. The third kappa shape index (κ3) is 4.82. The molecule has 0 N–H and O–H groups in total. The maximum absolute atomic E-state index is 12.5. The SMILES string of the molecule is O=C(CCCn1cncn1)N1CCOC[C@H](Cc2ccncn2)C1. The number of carbonyl (C=O) groups is 1. The Labute approximate surface area is 140 Å². The second-order valence-electron chi connectivity index (χ2n) is 5.95. The van der Waals surface area contributed by atoms with E-state index in [0.717, 1.165) is 18.5 Å². The second kappa shape index (κ2) is 8.49. The van der Waals surface area contributed by atoms with Gasteiger partial charge in [-0.25, -0.2) is 15.0 Å². The van der Waals surface area contributed by atoms with E-state index in [4.69, 9.17) is 4.74 Å². The van der Waals surface area contributed by atoms with Gasteiger partial charge in [-0.2, -0.15) is 5.10 Å². The van der Waals surface area contributed by atoms with Gasteiger partial charge < -0.3 is 9.64 Å². The summed E-state index contributed by atoms with van der Waals surface area (Å²) in [5.41, 5.74) is 0.985. The van der Waals surface area contributed by atoms with Gasteiger partial charge in [0.1, 0.15) is 19.0 Å². The van der Waals surface area contributed by atoms with Crippen molar-refractivity contribution in [3.8, 4) is 0 Å². The number of aryl methyl sites for hydroxylation is 1. The molecule has 0 unspecified atom stereocenters. The molecule has 0 saturated carbocycles. The lowest BCUT2D eigenvalue weighted by Gasteiger charge is -2.23. The minimum atomic E-state index is 0.174. The summed E-state index contributed by atoms with van der Waals surface area (Å²) in [5, 5.41) is 4.05. The van der Waals surface area contributed by atoms with Gasteiger partial charge in [-0.3, -0.25) is 9.48 Å². The highest BCUT2D eigenvalue weighted by atomic mass is 16.5. The summed E-state index contributed by atoms with van der Waals surface area (Å²) in [6.45, 7) is 3.33. The summed E-state index contributed by atoms with van der Waals surface area (Å²) >= 11 is 0. The van der Waals surface area contributed by atoms with Crippen molar-refractivity contribution in [3.63, 3.8) is 0 Å². The van der Waals surface area contributed by atoms with Gasteiger partial charge >= 0.3 is 0 Å². The Kier molecular flexibility index (Phi) is 5.84. The van der Waals surface area contributed by atoms with E-state index in [1.807, 2.05) is 11.0 Å². The fraction of sp³-hybridized carbons (Fsp3) is 0.562. The highest BCUT2D eigenvalue weighted by molar-refractivity contribution is 5.76. The topological polar surface area (TPSA) is 86.0 Å². The molecule has 2 aromatic heterocycles. The first kappa shape index (κ1) is 16.5. The van der Waals surface area contributed by atoms with E-state index in [2.05, 4.69) is 20.1 Å². The molecule has 3 rings (SSSR count). The molecule has 8 heteroatoms. The Hall–Kier alpha value is -2.35. The fourth-order valence-corrected chi connectivity index (χ4v) is 2.86. The van der Waals surface area contributed by atoms with Crippen LogP contribution in [0.2, 0.25) is 0 Å². The predicted octanol–water partition coefficient (Wildman–Crippen LogP) is 0.566. The molecule has 24 heavy (non-hydrogen) atoms. The van der Waals surface area contributed by atoms with E-state index in [9.17, 15) is 4.79 Å². The lowest BCUT2D eigenvalue weighted by Crippen LogP contribution is -2.36. The number of ether oxygens (including phenoxy) is 1. The Morgan fingerprint density at radius 1 is 1.33 bits per heavy atom. The highest BCUT2D eigenvalue weighted by Gasteiger charge is 2.22. The van der Waals surface area contributed by atoms with Crippen molar-refractivity contribution in [1.82, 2.24) is 29.6 Å². The van der Waals surface area contributed by atoms with Crippen molar-refractivity contribution >= 4 is 5.91 Å². The summed E-state index contributed by atoms with van der Waals surface area (Å²) in [6.07, 6.45) is 8.54. The van der Waals surface area contributed by atoms with Crippen LogP contribution in [0, 0.1) is 5.92 Å². The average molecular weight is 330 g/mol. The van der Waals surface area contributed by atoms with Gasteiger partial charge in [0.2, 0.25) is 5.91 Å². The van der Waals surface area contributed by atoms with Crippen LogP contribution < -0.4 is 0 Å². The number of aromatic nitrogens is 5. The molecule has 0 aliphatic carbocycles. The molecule has 1 aliphatic rings. The average Bonchev–Trinajstić information content (AvgIpc) is 3.01. The lowest BCUT2D eigenvalue weighted by molar-refractivity contribution is -0.131. The van der Waals surface area contributed by atoms with Crippen LogP contribution in [0.4, 0.5) is 0 Å². The van der Waals surface area contributed by atoms with Gasteiger partial charge in [-0.1, -0.05) is 0 Å². The minimum Gasteiger partial charge on any atom is -0.379 e. The molecular weight excluding hydrogens is 308 g/mol. The molecule has 1 fully saturated rings. The van der Waals surface area contributed by atoms with Crippen molar-refractivity contribution in [2.75, 3.05) is 26.3 Å². The summed E-state index contributed by atoms with van der Waals surface area (Å²) in [5.74, 6) is 0.440.